The predicted molar refractivity (Wildman–Crippen MR) is 60.5 cm³/mol. The summed E-state index contributed by atoms with van der Waals surface area (Å²) in [4.78, 5) is 5.41. The Labute approximate surface area is 88.3 Å². The van der Waals surface area contributed by atoms with Gasteiger partial charge in [0.25, 0.3) is 0 Å². The minimum atomic E-state index is 0.713. The van der Waals surface area contributed by atoms with Crippen LogP contribution in [0.2, 0.25) is 0 Å². The van der Waals surface area contributed by atoms with Crippen molar-refractivity contribution in [2.75, 3.05) is 19.6 Å². The van der Waals surface area contributed by atoms with Crippen molar-refractivity contribution in [3.8, 4) is 0 Å². The maximum absolute atomic E-state index is 2.72. The van der Waals surface area contributed by atoms with Crippen LogP contribution in [0.1, 0.15) is 40.0 Å². The lowest BCUT2D eigenvalue weighted by atomic mass is 10.1. The van der Waals surface area contributed by atoms with Gasteiger partial charge in [-0.2, -0.15) is 0 Å². The molecule has 0 saturated carbocycles. The quantitative estimate of drug-likeness (QED) is 0.632. The van der Waals surface area contributed by atoms with Gasteiger partial charge in [-0.15, -0.1) is 0 Å². The molecular weight excluding hydrogens is 172 g/mol. The average Bonchev–Trinajstić information content (AvgIpc) is 2.53. The Morgan fingerprint density at radius 2 is 1.79 bits per heavy atom. The smallest absolute Gasteiger partial charge is 0.0249 e. The minimum Gasteiger partial charge on any atom is -0.299 e. The highest BCUT2D eigenvalue weighted by atomic mass is 15.3. The maximum atomic E-state index is 2.72. The largest absolute Gasteiger partial charge is 0.299 e. The Morgan fingerprint density at radius 1 is 1.07 bits per heavy atom. The standard InChI is InChI=1S/C12H24N2/c1-10(2)14-9-5-8-13-7-4-6-12(13)11(14)3/h10-12H,4-9H2,1-3H3/t11-,12?/m0/s1. The molecule has 2 heteroatoms. The predicted octanol–water partition coefficient (Wildman–Crippen LogP) is 1.95. The fourth-order valence-corrected chi connectivity index (χ4v) is 3.29. The first-order valence-electron chi connectivity index (χ1n) is 6.20. The molecule has 0 aromatic rings. The average molecular weight is 196 g/mol. The van der Waals surface area contributed by atoms with E-state index in [2.05, 4.69) is 30.6 Å². The monoisotopic (exact) mass is 196 g/mol. The summed E-state index contributed by atoms with van der Waals surface area (Å²) in [5, 5.41) is 0. The second kappa shape index (κ2) is 4.19. The molecule has 0 spiro atoms. The summed E-state index contributed by atoms with van der Waals surface area (Å²) in [5.74, 6) is 0. The van der Waals surface area contributed by atoms with E-state index < -0.39 is 0 Å². The second-order valence-corrected chi connectivity index (χ2v) is 5.17. The van der Waals surface area contributed by atoms with E-state index in [1.54, 1.807) is 0 Å². The molecule has 2 saturated heterocycles. The summed E-state index contributed by atoms with van der Waals surface area (Å²) in [6.07, 6.45) is 4.20. The van der Waals surface area contributed by atoms with Crippen molar-refractivity contribution in [1.29, 1.82) is 0 Å². The molecular formula is C12H24N2. The van der Waals surface area contributed by atoms with Crippen LogP contribution in [0.15, 0.2) is 0 Å². The maximum Gasteiger partial charge on any atom is 0.0249 e. The molecule has 0 radical (unpaired) electrons. The van der Waals surface area contributed by atoms with Crippen molar-refractivity contribution >= 4 is 0 Å². The molecule has 0 aliphatic carbocycles. The van der Waals surface area contributed by atoms with Gasteiger partial charge in [0.1, 0.15) is 0 Å². The van der Waals surface area contributed by atoms with E-state index in [-0.39, 0.29) is 0 Å². The Balaban J connectivity index is 2.08. The molecule has 0 bridgehead atoms. The van der Waals surface area contributed by atoms with Crippen LogP contribution >= 0.6 is 0 Å². The van der Waals surface area contributed by atoms with Gasteiger partial charge in [-0.25, -0.2) is 0 Å². The van der Waals surface area contributed by atoms with E-state index >= 15 is 0 Å². The summed E-state index contributed by atoms with van der Waals surface area (Å²) >= 11 is 0. The Hall–Kier alpha value is -0.0800. The van der Waals surface area contributed by atoms with Crippen molar-refractivity contribution < 1.29 is 0 Å². The number of rotatable bonds is 1. The topological polar surface area (TPSA) is 6.48 Å². The highest BCUT2D eigenvalue weighted by Gasteiger charge is 2.35. The van der Waals surface area contributed by atoms with Gasteiger partial charge >= 0.3 is 0 Å². The molecule has 2 heterocycles. The molecule has 2 rings (SSSR count). The number of nitrogens with zero attached hydrogens (tertiary/aromatic N) is 2. The van der Waals surface area contributed by atoms with Crippen LogP contribution in [0.4, 0.5) is 0 Å². The van der Waals surface area contributed by atoms with Crippen molar-refractivity contribution in [3.05, 3.63) is 0 Å². The third-order valence-corrected chi connectivity index (χ3v) is 4.02. The summed E-state index contributed by atoms with van der Waals surface area (Å²) in [6, 6.07) is 2.32. The highest BCUT2D eigenvalue weighted by Crippen LogP contribution is 2.27. The molecule has 82 valence electrons. The van der Waals surface area contributed by atoms with E-state index in [0.29, 0.717) is 6.04 Å². The van der Waals surface area contributed by atoms with Gasteiger partial charge in [-0.1, -0.05) is 0 Å². The Kier molecular flexibility index (Phi) is 3.13. The molecule has 2 aliphatic heterocycles. The molecule has 0 amide bonds. The lowest BCUT2D eigenvalue weighted by molar-refractivity contribution is 0.123. The van der Waals surface area contributed by atoms with Crippen LogP contribution in [0.25, 0.3) is 0 Å². The van der Waals surface area contributed by atoms with E-state index in [0.717, 1.165) is 12.1 Å². The zero-order chi connectivity index (χ0) is 10.1. The fraction of sp³-hybridized carbons (Fsp3) is 1.00. The van der Waals surface area contributed by atoms with Gasteiger partial charge < -0.3 is 0 Å². The Morgan fingerprint density at radius 3 is 2.50 bits per heavy atom. The molecule has 0 aromatic carbocycles. The third-order valence-electron chi connectivity index (χ3n) is 4.02. The summed E-state index contributed by atoms with van der Waals surface area (Å²) < 4.78 is 0. The van der Waals surface area contributed by atoms with Crippen LogP contribution in [0, 0.1) is 0 Å². The van der Waals surface area contributed by atoms with Crippen LogP contribution in [-0.4, -0.2) is 47.6 Å². The summed E-state index contributed by atoms with van der Waals surface area (Å²) in [5.41, 5.74) is 0. The summed E-state index contributed by atoms with van der Waals surface area (Å²) in [6.45, 7) is 11.1. The Bertz CT molecular complexity index is 189. The molecule has 1 unspecified atom stereocenters. The van der Waals surface area contributed by atoms with Crippen molar-refractivity contribution in [2.24, 2.45) is 0 Å². The fourth-order valence-electron chi connectivity index (χ4n) is 3.29. The first-order chi connectivity index (χ1) is 6.70. The van der Waals surface area contributed by atoms with Gasteiger partial charge in [0.05, 0.1) is 0 Å². The van der Waals surface area contributed by atoms with E-state index in [1.165, 1.54) is 38.9 Å². The summed E-state index contributed by atoms with van der Waals surface area (Å²) in [7, 11) is 0. The molecule has 2 fully saturated rings. The van der Waals surface area contributed by atoms with Gasteiger partial charge in [-0.05, 0) is 59.7 Å². The molecule has 14 heavy (non-hydrogen) atoms. The third kappa shape index (κ3) is 1.82. The lowest BCUT2D eigenvalue weighted by Gasteiger charge is -2.36. The van der Waals surface area contributed by atoms with Crippen LogP contribution in [-0.2, 0) is 0 Å². The van der Waals surface area contributed by atoms with Gasteiger partial charge in [0.15, 0.2) is 0 Å². The molecule has 0 N–H and O–H groups in total. The van der Waals surface area contributed by atoms with Crippen molar-refractivity contribution in [2.45, 2.75) is 58.2 Å². The number of hydrogen-bond acceptors (Lipinski definition) is 2. The van der Waals surface area contributed by atoms with Crippen molar-refractivity contribution in [1.82, 2.24) is 9.80 Å². The zero-order valence-electron chi connectivity index (χ0n) is 9.87. The number of hydrogen-bond donors (Lipinski definition) is 0. The van der Waals surface area contributed by atoms with Crippen molar-refractivity contribution in [3.63, 3.8) is 0 Å². The lowest BCUT2D eigenvalue weighted by Crippen LogP contribution is -2.47. The van der Waals surface area contributed by atoms with Gasteiger partial charge in [0, 0.05) is 18.1 Å². The SMILES string of the molecule is CC(C)N1CCCN2CCCC2[C@@H]1C. The minimum absolute atomic E-state index is 0.713. The second-order valence-electron chi connectivity index (χ2n) is 5.17. The highest BCUT2D eigenvalue weighted by molar-refractivity contribution is 4.91. The van der Waals surface area contributed by atoms with E-state index in [1.807, 2.05) is 0 Å². The van der Waals surface area contributed by atoms with E-state index in [9.17, 15) is 0 Å². The van der Waals surface area contributed by atoms with Crippen LogP contribution < -0.4 is 0 Å². The van der Waals surface area contributed by atoms with E-state index in [4.69, 9.17) is 0 Å². The van der Waals surface area contributed by atoms with Crippen LogP contribution in [0.5, 0.6) is 0 Å². The molecule has 2 aliphatic rings. The first kappa shape index (κ1) is 10.4. The normalized spacial score (nSPS) is 36.0. The molecule has 2 atom stereocenters. The van der Waals surface area contributed by atoms with Gasteiger partial charge in [-0.3, -0.25) is 9.80 Å². The molecule has 0 aromatic heterocycles. The number of fused-ring (bicyclic) bond motifs is 1. The van der Waals surface area contributed by atoms with Crippen LogP contribution in [0.3, 0.4) is 0 Å². The van der Waals surface area contributed by atoms with Gasteiger partial charge in [0.2, 0.25) is 0 Å². The first-order valence-corrected chi connectivity index (χ1v) is 6.20. The zero-order valence-corrected chi connectivity index (χ0v) is 9.87. The molecule has 2 nitrogen and oxygen atoms in total.